The van der Waals surface area contributed by atoms with Crippen LogP contribution in [0.25, 0.3) is 0 Å². The van der Waals surface area contributed by atoms with E-state index < -0.39 is 10.0 Å². The van der Waals surface area contributed by atoms with Gasteiger partial charge in [-0.05, 0) is 56.6 Å². The lowest BCUT2D eigenvalue weighted by molar-refractivity contribution is 0.00524. The second kappa shape index (κ2) is 8.62. The maximum atomic E-state index is 11.5. The molecular weight excluding hydrogens is 336 g/mol. The monoisotopic (exact) mass is 366 g/mol. The van der Waals surface area contributed by atoms with Crippen molar-refractivity contribution in [1.82, 2.24) is 10.0 Å². The number of ether oxygens (including phenoxy) is 1. The van der Waals surface area contributed by atoms with E-state index in [9.17, 15) is 8.42 Å². The van der Waals surface area contributed by atoms with Crippen LogP contribution in [0.3, 0.4) is 0 Å². The zero-order chi connectivity index (χ0) is 17.7. The largest absolute Gasteiger partial charge is 0.377 e. The van der Waals surface area contributed by atoms with Crippen molar-refractivity contribution in [3.05, 3.63) is 35.9 Å². The van der Waals surface area contributed by atoms with E-state index in [0.717, 1.165) is 45.1 Å². The minimum absolute atomic E-state index is 0.0651. The van der Waals surface area contributed by atoms with Gasteiger partial charge in [0.2, 0.25) is 10.0 Å². The van der Waals surface area contributed by atoms with Gasteiger partial charge in [-0.15, -0.1) is 0 Å². The van der Waals surface area contributed by atoms with Gasteiger partial charge in [0.05, 0.1) is 19.0 Å². The number of hydrogen-bond acceptors (Lipinski definition) is 4. The van der Waals surface area contributed by atoms with Crippen molar-refractivity contribution in [2.45, 2.75) is 62.6 Å². The third-order valence-electron chi connectivity index (χ3n) is 5.41. The summed E-state index contributed by atoms with van der Waals surface area (Å²) < 4.78 is 32.0. The summed E-state index contributed by atoms with van der Waals surface area (Å²) in [6.07, 6.45) is 7.87. The van der Waals surface area contributed by atoms with Crippen LogP contribution in [-0.2, 0) is 14.8 Å². The Hall–Kier alpha value is -0.950. The fourth-order valence-corrected chi connectivity index (χ4v) is 4.90. The number of piperidine rings is 1. The molecule has 0 bridgehead atoms. The summed E-state index contributed by atoms with van der Waals surface area (Å²) >= 11 is 0. The Kier molecular flexibility index (Phi) is 6.49. The van der Waals surface area contributed by atoms with Crippen LogP contribution in [0.1, 0.15) is 50.0 Å². The first-order valence-electron chi connectivity index (χ1n) is 9.38. The second-order valence-electron chi connectivity index (χ2n) is 7.42. The molecule has 1 aromatic carbocycles. The van der Waals surface area contributed by atoms with Gasteiger partial charge in [-0.3, -0.25) is 0 Å². The molecule has 1 aliphatic heterocycles. The van der Waals surface area contributed by atoms with Gasteiger partial charge < -0.3 is 10.1 Å². The zero-order valence-corrected chi connectivity index (χ0v) is 15.8. The van der Waals surface area contributed by atoms with Crippen LogP contribution in [-0.4, -0.2) is 46.0 Å². The molecule has 0 radical (unpaired) electrons. The van der Waals surface area contributed by atoms with Gasteiger partial charge >= 0.3 is 0 Å². The number of rotatable bonds is 6. The Morgan fingerprint density at radius 1 is 1.12 bits per heavy atom. The van der Waals surface area contributed by atoms with E-state index in [-0.39, 0.29) is 12.1 Å². The summed E-state index contributed by atoms with van der Waals surface area (Å²) in [7, 11) is -3.18. The average molecular weight is 367 g/mol. The SMILES string of the molecule is CS(=O)(=O)N[C@H]1CCCNC1COC1CCC(c2ccccc2)CC1. The summed E-state index contributed by atoms with van der Waals surface area (Å²) in [5.41, 5.74) is 1.44. The Balaban J connectivity index is 1.45. The number of nitrogens with one attached hydrogen (secondary N) is 2. The second-order valence-corrected chi connectivity index (χ2v) is 9.20. The third-order valence-corrected chi connectivity index (χ3v) is 6.14. The summed E-state index contributed by atoms with van der Waals surface area (Å²) in [5, 5.41) is 3.41. The van der Waals surface area contributed by atoms with E-state index in [1.54, 1.807) is 0 Å². The standard InChI is InChI=1S/C19H30N2O3S/c1-25(22,23)21-18-8-5-13-20-19(18)14-24-17-11-9-16(10-12-17)15-6-3-2-4-7-15/h2-4,6-7,16-21H,5,8-14H2,1H3/t16?,17?,18-,19?/m0/s1. The molecular formula is C19H30N2O3S. The Labute approximate surface area is 151 Å². The lowest BCUT2D eigenvalue weighted by atomic mass is 9.83. The molecule has 6 heteroatoms. The summed E-state index contributed by atoms with van der Waals surface area (Å²) in [5.74, 6) is 0.647. The van der Waals surface area contributed by atoms with Crippen LogP contribution < -0.4 is 10.0 Å². The van der Waals surface area contributed by atoms with Gasteiger partial charge in [-0.2, -0.15) is 0 Å². The minimum atomic E-state index is -3.18. The Morgan fingerprint density at radius 3 is 2.52 bits per heavy atom. The van der Waals surface area contributed by atoms with E-state index in [2.05, 4.69) is 40.4 Å². The predicted molar refractivity (Wildman–Crippen MR) is 100 cm³/mol. The molecule has 1 heterocycles. The highest BCUT2D eigenvalue weighted by atomic mass is 32.2. The lowest BCUT2D eigenvalue weighted by Gasteiger charge is -2.35. The molecule has 5 nitrogen and oxygen atoms in total. The number of benzene rings is 1. The molecule has 1 saturated carbocycles. The van der Waals surface area contributed by atoms with Crippen molar-refractivity contribution in [2.24, 2.45) is 0 Å². The van der Waals surface area contributed by atoms with Crippen LogP contribution in [0.4, 0.5) is 0 Å². The molecule has 2 fully saturated rings. The van der Waals surface area contributed by atoms with Gasteiger partial charge in [0.25, 0.3) is 0 Å². The Morgan fingerprint density at radius 2 is 1.84 bits per heavy atom. The minimum Gasteiger partial charge on any atom is -0.377 e. The first-order valence-corrected chi connectivity index (χ1v) is 11.3. The van der Waals surface area contributed by atoms with Crippen molar-refractivity contribution in [1.29, 1.82) is 0 Å². The van der Waals surface area contributed by atoms with Crippen molar-refractivity contribution in [3.8, 4) is 0 Å². The maximum absolute atomic E-state index is 11.5. The van der Waals surface area contributed by atoms with Crippen LogP contribution >= 0.6 is 0 Å². The quantitative estimate of drug-likeness (QED) is 0.811. The van der Waals surface area contributed by atoms with Crippen molar-refractivity contribution in [3.63, 3.8) is 0 Å². The first-order chi connectivity index (χ1) is 12.0. The highest BCUT2D eigenvalue weighted by Crippen LogP contribution is 2.34. The van der Waals surface area contributed by atoms with Crippen molar-refractivity contribution in [2.75, 3.05) is 19.4 Å². The molecule has 0 spiro atoms. The highest BCUT2D eigenvalue weighted by molar-refractivity contribution is 7.88. The highest BCUT2D eigenvalue weighted by Gasteiger charge is 2.29. The van der Waals surface area contributed by atoms with Gasteiger partial charge in [0.1, 0.15) is 0 Å². The summed E-state index contributed by atoms with van der Waals surface area (Å²) in [6, 6.07) is 10.7. The topological polar surface area (TPSA) is 67.4 Å². The predicted octanol–water partition coefficient (Wildman–Crippen LogP) is 2.40. The molecule has 140 valence electrons. The van der Waals surface area contributed by atoms with E-state index in [0.29, 0.717) is 18.6 Å². The van der Waals surface area contributed by atoms with E-state index in [4.69, 9.17) is 4.74 Å². The molecule has 3 rings (SSSR count). The molecule has 2 atom stereocenters. The Bertz CT molecular complexity index is 627. The normalized spacial score (nSPS) is 30.9. The molecule has 1 aliphatic carbocycles. The fourth-order valence-electron chi connectivity index (χ4n) is 4.07. The molecule has 1 unspecified atom stereocenters. The molecule has 1 saturated heterocycles. The van der Waals surface area contributed by atoms with Gasteiger partial charge in [0.15, 0.2) is 0 Å². The summed E-state index contributed by atoms with van der Waals surface area (Å²) in [4.78, 5) is 0. The van der Waals surface area contributed by atoms with E-state index >= 15 is 0 Å². The van der Waals surface area contributed by atoms with Crippen LogP contribution in [0.5, 0.6) is 0 Å². The molecule has 25 heavy (non-hydrogen) atoms. The fraction of sp³-hybridized carbons (Fsp3) is 0.684. The molecule has 2 N–H and O–H groups in total. The maximum Gasteiger partial charge on any atom is 0.209 e. The van der Waals surface area contributed by atoms with E-state index in [1.165, 1.54) is 11.8 Å². The molecule has 1 aromatic rings. The number of hydrogen-bond donors (Lipinski definition) is 2. The number of sulfonamides is 1. The third kappa shape index (κ3) is 5.78. The molecule has 0 aromatic heterocycles. The molecule has 0 amide bonds. The van der Waals surface area contributed by atoms with Gasteiger partial charge in [-0.1, -0.05) is 30.3 Å². The zero-order valence-electron chi connectivity index (χ0n) is 15.0. The molecule has 2 aliphatic rings. The summed E-state index contributed by atoms with van der Waals surface area (Å²) in [6.45, 7) is 1.50. The average Bonchev–Trinajstić information content (AvgIpc) is 2.61. The van der Waals surface area contributed by atoms with Gasteiger partial charge in [0, 0.05) is 12.1 Å². The smallest absolute Gasteiger partial charge is 0.209 e. The van der Waals surface area contributed by atoms with Crippen LogP contribution in [0.2, 0.25) is 0 Å². The van der Waals surface area contributed by atoms with Crippen LogP contribution in [0, 0.1) is 0 Å². The van der Waals surface area contributed by atoms with Crippen molar-refractivity contribution >= 4 is 10.0 Å². The van der Waals surface area contributed by atoms with Gasteiger partial charge in [-0.25, -0.2) is 13.1 Å². The first kappa shape index (κ1) is 18.8. The van der Waals surface area contributed by atoms with E-state index in [1.807, 2.05) is 0 Å². The van der Waals surface area contributed by atoms with Crippen molar-refractivity contribution < 1.29 is 13.2 Å². The van der Waals surface area contributed by atoms with Crippen LogP contribution in [0.15, 0.2) is 30.3 Å². The lowest BCUT2D eigenvalue weighted by Crippen LogP contribution is -2.55.